The summed E-state index contributed by atoms with van der Waals surface area (Å²) in [4.78, 5) is 37.3. The van der Waals surface area contributed by atoms with Gasteiger partial charge in [0.2, 0.25) is 0 Å². The number of amides is 2. The van der Waals surface area contributed by atoms with Crippen LogP contribution < -0.4 is 15.4 Å². The molecule has 0 saturated heterocycles. The van der Waals surface area contributed by atoms with Crippen molar-refractivity contribution < 1.29 is 23.9 Å². The molecule has 3 aromatic carbocycles. The Kier molecular flexibility index (Phi) is 8.05. The van der Waals surface area contributed by atoms with Crippen LogP contribution in [0.2, 0.25) is 5.02 Å². The number of rotatable bonds is 7. The highest BCUT2D eigenvalue weighted by Crippen LogP contribution is 2.25. The van der Waals surface area contributed by atoms with Crippen LogP contribution in [0.5, 0.6) is 5.75 Å². The Morgan fingerprint density at radius 2 is 1.67 bits per heavy atom. The molecule has 8 heteroatoms. The molecule has 0 aliphatic rings. The van der Waals surface area contributed by atoms with Gasteiger partial charge in [-0.1, -0.05) is 59.6 Å². The van der Waals surface area contributed by atoms with Gasteiger partial charge in [-0.25, -0.2) is 9.59 Å². The third-order valence-corrected chi connectivity index (χ3v) is 4.84. The van der Waals surface area contributed by atoms with Gasteiger partial charge in [-0.2, -0.15) is 0 Å². The van der Waals surface area contributed by atoms with Gasteiger partial charge in [-0.3, -0.25) is 4.79 Å². The van der Waals surface area contributed by atoms with Gasteiger partial charge in [-0.05, 0) is 49.7 Å². The minimum Gasteiger partial charge on any atom is -0.445 e. The van der Waals surface area contributed by atoms with E-state index < -0.39 is 24.0 Å². The quantitative estimate of drug-likeness (QED) is 0.372. The molecule has 0 unspecified atom stereocenters. The van der Waals surface area contributed by atoms with E-state index in [9.17, 15) is 14.4 Å². The van der Waals surface area contributed by atoms with Crippen LogP contribution in [0, 0.1) is 6.92 Å². The minimum atomic E-state index is -1.02. The zero-order chi connectivity index (χ0) is 23.8. The van der Waals surface area contributed by atoms with Crippen molar-refractivity contribution in [1.82, 2.24) is 5.32 Å². The topological polar surface area (TPSA) is 93.7 Å². The maximum absolute atomic E-state index is 12.8. The number of benzene rings is 3. The molecule has 0 aliphatic heterocycles. The predicted octanol–water partition coefficient (Wildman–Crippen LogP) is 5.12. The van der Waals surface area contributed by atoms with Gasteiger partial charge in [0.05, 0.1) is 5.56 Å². The number of hydrogen-bond acceptors (Lipinski definition) is 5. The summed E-state index contributed by atoms with van der Waals surface area (Å²) in [5.41, 5.74) is 2.52. The number of alkyl carbamates (subject to hydrolysis) is 1. The zero-order valence-corrected chi connectivity index (χ0v) is 18.9. The number of carbonyl (C=O) groups is 3. The first-order chi connectivity index (χ1) is 15.8. The van der Waals surface area contributed by atoms with Crippen LogP contribution in [0.3, 0.4) is 0 Å². The molecule has 0 aliphatic carbocycles. The summed E-state index contributed by atoms with van der Waals surface area (Å²) in [6.45, 7) is 3.45. The van der Waals surface area contributed by atoms with Gasteiger partial charge >= 0.3 is 12.1 Å². The van der Waals surface area contributed by atoms with Gasteiger partial charge in [0.1, 0.15) is 18.4 Å². The molecule has 1 atom stereocenters. The van der Waals surface area contributed by atoms with E-state index >= 15 is 0 Å². The number of anilines is 1. The molecule has 0 heterocycles. The highest BCUT2D eigenvalue weighted by Gasteiger charge is 2.22. The lowest BCUT2D eigenvalue weighted by molar-refractivity contribution is -0.136. The molecule has 2 amide bonds. The lowest BCUT2D eigenvalue weighted by Gasteiger charge is -2.15. The fourth-order valence-electron chi connectivity index (χ4n) is 2.80. The third-order valence-electron chi connectivity index (χ3n) is 4.61. The van der Waals surface area contributed by atoms with Crippen LogP contribution in [0.25, 0.3) is 0 Å². The van der Waals surface area contributed by atoms with Crippen LogP contribution in [0.1, 0.15) is 28.4 Å². The van der Waals surface area contributed by atoms with Crippen molar-refractivity contribution in [2.45, 2.75) is 26.5 Å². The average molecular weight is 467 g/mol. The Morgan fingerprint density at radius 1 is 0.970 bits per heavy atom. The number of halogens is 1. The molecule has 0 fully saturated rings. The number of hydrogen-bond donors (Lipinski definition) is 2. The molecule has 3 rings (SSSR count). The van der Waals surface area contributed by atoms with Crippen molar-refractivity contribution in [3.63, 3.8) is 0 Å². The Labute approximate surface area is 196 Å². The molecule has 0 spiro atoms. The first-order valence-corrected chi connectivity index (χ1v) is 10.6. The van der Waals surface area contributed by atoms with E-state index in [1.807, 2.05) is 49.4 Å². The van der Waals surface area contributed by atoms with Gasteiger partial charge < -0.3 is 20.1 Å². The minimum absolute atomic E-state index is 0.0142. The van der Waals surface area contributed by atoms with E-state index in [2.05, 4.69) is 10.6 Å². The fraction of sp³-hybridized carbons (Fsp3) is 0.160. The molecule has 0 saturated carbocycles. The zero-order valence-electron chi connectivity index (χ0n) is 18.1. The summed E-state index contributed by atoms with van der Waals surface area (Å²) in [7, 11) is 0. The maximum Gasteiger partial charge on any atom is 0.408 e. The summed E-state index contributed by atoms with van der Waals surface area (Å²) in [5.74, 6) is -1.24. The second kappa shape index (κ2) is 11.2. The van der Waals surface area contributed by atoms with Crippen LogP contribution in [-0.4, -0.2) is 24.0 Å². The highest BCUT2D eigenvalue weighted by molar-refractivity contribution is 6.31. The van der Waals surface area contributed by atoms with Gasteiger partial charge in [0.25, 0.3) is 5.91 Å². The van der Waals surface area contributed by atoms with E-state index in [0.717, 1.165) is 11.1 Å². The monoisotopic (exact) mass is 466 g/mol. The smallest absolute Gasteiger partial charge is 0.408 e. The van der Waals surface area contributed by atoms with Crippen LogP contribution in [0.4, 0.5) is 10.5 Å². The fourth-order valence-corrected chi connectivity index (χ4v) is 2.97. The van der Waals surface area contributed by atoms with Crippen LogP contribution in [-0.2, 0) is 16.1 Å². The Hall–Kier alpha value is -3.84. The second-order valence-corrected chi connectivity index (χ2v) is 7.75. The Morgan fingerprint density at radius 3 is 2.36 bits per heavy atom. The molecule has 0 aromatic heterocycles. The predicted molar refractivity (Wildman–Crippen MR) is 125 cm³/mol. The van der Waals surface area contributed by atoms with Gasteiger partial charge in [0, 0.05) is 10.7 Å². The first-order valence-electron chi connectivity index (χ1n) is 10.2. The van der Waals surface area contributed by atoms with E-state index in [-0.39, 0.29) is 17.9 Å². The van der Waals surface area contributed by atoms with Crippen molar-refractivity contribution >= 4 is 35.3 Å². The number of carbonyl (C=O) groups excluding carboxylic acids is 3. The lowest BCUT2D eigenvalue weighted by atomic mass is 10.1. The van der Waals surface area contributed by atoms with Crippen molar-refractivity contribution in [1.29, 1.82) is 0 Å². The van der Waals surface area contributed by atoms with Crippen molar-refractivity contribution in [2.24, 2.45) is 0 Å². The largest absolute Gasteiger partial charge is 0.445 e. The molecule has 3 aromatic rings. The SMILES string of the molecule is Cc1ccc(NC(=O)c2cc(Cl)ccc2OC(=O)[C@H](C)NC(=O)OCc2ccccc2)cc1. The summed E-state index contributed by atoms with van der Waals surface area (Å²) in [5, 5.41) is 5.46. The molecular formula is C25H23ClN2O5. The summed E-state index contributed by atoms with van der Waals surface area (Å²) < 4.78 is 10.5. The number of aryl methyl sites for hydroxylation is 1. The first kappa shape index (κ1) is 23.8. The van der Waals surface area contributed by atoms with Gasteiger partial charge in [0.15, 0.2) is 0 Å². The van der Waals surface area contributed by atoms with Gasteiger partial charge in [-0.15, -0.1) is 0 Å². The van der Waals surface area contributed by atoms with Crippen LogP contribution in [0.15, 0.2) is 72.8 Å². The number of nitrogens with one attached hydrogen (secondary N) is 2. The molecule has 33 heavy (non-hydrogen) atoms. The lowest BCUT2D eigenvalue weighted by Crippen LogP contribution is -2.41. The molecule has 7 nitrogen and oxygen atoms in total. The molecule has 170 valence electrons. The normalized spacial score (nSPS) is 11.2. The molecule has 2 N–H and O–H groups in total. The third kappa shape index (κ3) is 7.08. The second-order valence-electron chi connectivity index (χ2n) is 7.31. The summed E-state index contributed by atoms with van der Waals surface area (Å²) in [6, 6.07) is 19.7. The average Bonchev–Trinajstić information content (AvgIpc) is 2.81. The number of esters is 1. The summed E-state index contributed by atoms with van der Waals surface area (Å²) >= 11 is 6.04. The maximum atomic E-state index is 12.8. The van der Waals surface area contributed by atoms with E-state index in [4.69, 9.17) is 21.1 Å². The molecular weight excluding hydrogens is 444 g/mol. The van der Waals surface area contributed by atoms with Crippen molar-refractivity contribution in [3.8, 4) is 5.75 Å². The van der Waals surface area contributed by atoms with Crippen LogP contribution >= 0.6 is 11.6 Å². The molecule has 0 radical (unpaired) electrons. The van der Waals surface area contributed by atoms with Crippen molar-refractivity contribution in [2.75, 3.05) is 5.32 Å². The number of ether oxygens (including phenoxy) is 2. The standard InChI is InChI=1S/C25H23ClN2O5/c1-16-8-11-20(12-9-16)28-23(29)21-14-19(26)10-13-22(21)33-24(30)17(2)27-25(31)32-15-18-6-4-3-5-7-18/h3-14,17H,15H2,1-2H3,(H,27,31)(H,28,29)/t17-/m0/s1. The van der Waals surface area contributed by atoms with E-state index in [1.165, 1.54) is 25.1 Å². The van der Waals surface area contributed by atoms with E-state index in [0.29, 0.717) is 10.7 Å². The van der Waals surface area contributed by atoms with Crippen molar-refractivity contribution in [3.05, 3.63) is 94.5 Å². The Balaban J connectivity index is 1.61. The summed E-state index contributed by atoms with van der Waals surface area (Å²) in [6.07, 6.45) is -0.767. The molecule has 0 bridgehead atoms. The highest BCUT2D eigenvalue weighted by atomic mass is 35.5. The Bertz CT molecular complexity index is 1130. The van der Waals surface area contributed by atoms with E-state index in [1.54, 1.807) is 12.1 Å².